The molecule has 0 aliphatic heterocycles. The molecule has 19 heteroatoms. The van der Waals surface area contributed by atoms with Gasteiger partial charge < -0.3 is 33.8 Å². The van der Waals surface area contributed by atoms with Crippen molar-refractivity contribution in [1.82, 2.24) is 0 Å². The minimum Gasteiger partial charge on any atom is -0.462 e. The summed E-state index contributed by atoms with van der Waals surface area (Å²) < 4.78 is 68.8. The van der Waals surface area contributed by atoms with Gasteiger partial charge in [-0.05, 0) is 89.9 Å². The molecule has 620 valence electrons. The van der Waals surface area contributed by atoms with Gasteiger partial charge in [0.05, 0.1) is 26.4 Å². The van der Waals surface area contributed by atoms with Crippen molar-refractivity contribution in [3.63, 3.8) is 0 Å². The molecule has 5 atom stereocenters. The predicted octanol–water partition coefficient (Wildman–Crippen LogP) is 25.8. The Morgan fingerprint density at radius 3 is 0.774 bits per heavy atom. The van der Waals surface area contributed by atoms with E-state index in [0.29, 0.717) is 32.1 Å². The number of allylic oxidation sites excluding steroid dienone is 10. The smallest absolute Gasteiger partial charge is 0.462 e. The molecule has 0 aliphatic rings. The van der Waals surface area contributed by atoms with Crippen molar-refractivity contribution < 1.29 is 80.2 Å². The molecule has 17 nitrogen and oxygen atoms in total. The Kier molecular flexibility index (Phi) is 77.4. The number of phosphoric acid groups is 2. The van der Waals surface area contributed by atoms with Crippen LogP contribution in [0.1, 0.15) is 413 Å². The van der Waals surface area contributed by atoms with Gasteiger partial charge in [-0.3, -0.25) is 37.3 Å². The Morgan fingerprint density at radius 1 is 0.264 bits per heavy atom. The molecule has 0 aliphatic carbocycles. The maximum absolute atomic E-state index is 13.1. The first-order valence-corrected chi connectivity index (χ1v) is 46.5. The summed E-state index contributed by atoms with van der Waals surface area (Å²) in [6.45, 7) is 4.89. The largest absolute Gasteiger partial charge is 0.472 e. The van der Waals surface area contributed by atoms with Crippen LogP contribution >= 0.6 is 15.6 Å². The van der Waals surface area contributed by atoms with Crippen molar-refractivity contribution in [2.75, 3.05) is 39.6 Å². The maximum Gasteiger partial charge on any atom is 0.472 e. The first-order valence-electron chi connectivity index (χ1n) is 43.5. The lowest BCUT2D eigenvalue weighted by molar-refractivity contribution is -0.161. The summed E-state index contributed by atoms with van der Waals surface area (Å²) in [5, 5.41) is 10.7. The number of aliphatic hydroxyl groups is 1. The molecule has 3 N–H and O–H groups in total. The van der Waals surface area contributed by atoms with E-state index < -0.39 is 97.5 Å². The SMILES string of the molecule is CCCCC/C=C\C/C=C\C/C=C\C/C=C\CCCC(=O)OC[C@H](COP(=O)(O)OC[C@H](O)COP(=O)(O)OC[C@@H](COC(=O)CCCCCCCCCCCCCCCCCCC)OC(=O)CCCCCCC/C=C\CCCCCCCC)OC(=O)CCCCCCCCCCCCCCCCCCC. The second kappa shape index (κ2) is 79.8. The van der Waals surface area contributed by atoms with E-state index in [-0.39, 0.29) is 25.7 Å². The number of carbonyl (C=O) groups excluding carboxylic acids is 4. The Balaban J connectivity index is 5.37. The van der Waals surface area contributed by atoms with Crippen LogP contribution in [0.2, 0.25) is 0 Å². The van der Waals surface area contributed by atoms with Crippen molar-refractivity contribution >= 4 is 39.5 Å². The molecule has 0 saturated heterocycles. The van der Waals surface area contributed by atoms with Gasteiger partial charge in [0.1, 0.15) is 19.3 Å². The van der Waals surface area contributed by atoms with Crippen LogP contribution < -0.4 is 0 Å². The molecule has 0 rings (SSSR count). The second-order valence-corrected chi connectivity index (χ2v) is 32.4. The summed E-state index contributed by atoms with van der Waals surface area (Å²) in [5.74, 6) is -2.20. The molecule has 0 aromatic rings. The highest BCUT2D eigenvalue weighted by Crippen LogP contribution is 2.45. The molecule has 0 radical (unpaired) electrons. The van der Waals surface area contributed by atoms with E-state index in [0.717, 1.165) is 109 Å². The fraction of sp³-hybridized carbons (Fsp3) is 0.839. The zero-order chi connectivity index (χ0) is 77.4. The minimum absolute atomic E-state index is 0.0902. The summed E-state index contributed by atoms with van der Waals surface area (Å²) in [5.41, 5.74) is 0. The fourth-order valence-electron chi connectivity index (χ4n) is 12.3. The Bertz CT molecular complexity index is 2240. The predicted molar refractivity (Wildman–Crippen MR) is 437 cm³/mol. The summed E-state index contributed by atoms with van der Waals surface area (Å²) in [6.07, 6.45) is 81.9. The monoisotopic (exact) mass is 1540 g/mol. The summed E-state index contributed by atoms with van der Waals surface area (Å²) >= 11 is 0. The quantitative estimate of drug-likeness (QED) is 0.0169. The lowest BCUT2D eigenvalue weighted by Crippen LogP contribution is -2.30. The molecule has 106 heavy (non-hydrogen) atoms. The minimum atomic E-state index is -4.99. The highest BCUT2D eigenvalue weighted by atomic mass is 31.2. The van der Waals surface area contributed by atoms with Crippen LogP contribution in [-0.2, 0) is 65.4 Å². The summed E-state index contributed by atoms with van der Waals surface area (Å²) in [7, 11) is -9.96. The normalized spacial score (nSPS) is 14.1. The topological polar surface area (TPSA) is 237 Å². The molecule has 2 unspecified atom stereocenters. The van der Waals surface area contributed by atoms with E-state index in [4.69, 9.17) is 37.0 Å². The molecular weight excluding hydrogens is 1380 g/mol. The molecule has 0 saturated carbocycles. The molecule has 0 aromatic carbocycles. The summed E-state index contributed by atoms with van der Waals surface area (Å²) in [6, 6.07) is 0. The molecule has 0 aromatic heterocycles. The molecule has 0 fully saturated rings. The highest BCUT2D eigenvalue weighted by Gasteiger charge is 2.30. The number of esters is 4. The Morgan fingerprint density at radius 2 is 0.472 bits per heavy atom. The van der Waals surface area contributed by atoms with Gasteiger partial charge in [-0.15, -0.1) is 0 Å². The second-order valence-electron chi connectivity index (χ2n) is 29.5. The van der Waals surface area contributed by atoms with Gasteiger partial charge in [0.15, 0.2) is 12.2 Å². The Labute approximate surface area is 648 Å². The van der Waals surface area contributed by atoms with E-state index in [2.05, 4.69) is 76.3 Å². The van der Waals surface area contributed by atoms with E-state index in [1.807, 2.05) is 12.2 Å². The van der Waals surface area contributed by atoms with Gasteiger partial charge in [-0.2, -0.15) is 0 Å². The highest BCUT2D eigenvalue weighted by molar-refractivity contribution is 7.47. The van der Waals surface area contributed by atoms with E-state index >= 15 is 0 Å². The lowest BCUT2D eigenvalue weighted by Gasteiger charge is -2.21. The third-order valence-electron chi connectivity index (χ3n) is 19.0. The van der Waals surface area contributed by atoms with E-state index in [9.17, 15) is 43.2 Å². The standard InChI is InChI=1S/C87H160O17P2/c1-5-9-13-17-21-25-29-33-37-40-44-47-51-55-59-63-67-71-84(89)97-77-82(103-86(91)73-69-65-61-57-53-49-43-36-32-28-24-20-16-12-8-4)79-101-105(93,94)99-75-81(88)76-100-106(95,96)102-80-83(104-87(92)74-70-66-62-58-54-50-46-42-39-35-31-27-23-19-15-11-7-3)78-98-85(90)72-68-64-60-56-52-48-45-41-38-34-30-26-22-18-14-10-6-2/h22,26,34,36,38,43,45,48,56,60,81-83,88H,5-21,23-25,27-33,35,37,39-42,44,46-47,49-55,57-59,61-80H2,1-4H3,(H,93,94)(H,95,96)/b26-22-,38-34-,43-36-,48-45-,60-56-/t81-,82-,83-/m1/s1. The van der Waals surface area contributed by atoms with Gasteiger partial charge >= 0.3 is 39.5 Å². The van der Waals surface area contributed by atoms with Crippen molar-refractivity contribution in [3.8, 4) is 0 Å². The molecular formula is C87H160O17P2. The molecule has 0 spiro atoms. The lowest BCUT2D eigenvalue weighted by atomic mass is 10.0. The van der Waals surface area contributed by atoms with Crippen LogP contribution in [-0.4, -0.2) is 96.7 Å². The van der Waals surface area contributed by atoms with Crippen LogP contribution in [0, 0.1) is 0 Å². The number of unbranched alkanes of at least 4 members (excludes halogenated alkanes) is 47. The Hall–Kier alpha value is -3.24. The zero-order valence-corrected chi connectivity index (χ0v) is 69.9. The van der Waals surface area contributed by atoms with Crippen molar-refractivity contribution in [2.45, 2.75) is 431 Å². The number of rotatable bonds is 83. The van der Waals surface area contributed by atoms with Crippen LogP contribution in [0.5, 0.6) is 0 Å². The van der Waals surface area contributed by atoms with Gasteiger partial charge in [0.2, 0.25) is 0 Å². The van der Waals surface area contributed by atoms with Gasteiger partial charge in [-0.1, -0.05) is 358 Å². The van der Waals surface area contributed by atoms with Crippen molar-refractivity contribution in [1.29, 1.82) is 0 Å². The number of aliphatic hydroxyl groups excluding tert-OH is 1. The van der Waals surface area contributed by atoms with E-state index in [1.165, 1.54) is 218 Å². The zero-order valence-electron chi connectivity index (χ0n) is 68.1. The molecule has 0 bridgehead atoms. The van der Waals surface area contributed by atoms with Crippen LogP contribution in [0.15, 0.2) is 60.8 Å². The average molecular weight is 1540 g/mol. The van der Waals surface area contributed by atoms with Crippen molar-refractivity contribution in [3.05, 3.63) is 60.8 Å². The van der Waals surface area contributed by atoms with Gasteiger partial charge in [0.25, 0.3) is 0 Å². The molecule has 0 amide bonds. The third-order valence-corrected chi connectivity index (χ3v) is 20.9. The summed E-state index contributed by atoms with van der Waals surface area (Å²) in [4.78, 5) is 73.2. The van der Waals surface area contributed by atoms with Crippen LogP contribution in [0.4, 0.5) is 0 Å². The number of ether oxygens (including phenoxy) is 4. The number of carbonyl (C=O) groups is 4. The number of hydrogen-bond acceptors (Lipinski definition) is 15. The third kappa shape index (κ3) is 78.9. The van der Waals surface area contributed by atoms with Crippen LogP contribution in [0.25, 0.3) is 0 Å². The fourth-order valence-corrected chi connectivity index (χ4v) is 13.9. The van der Waals surface area contributed by atoms with Gasteiger partial charge in [-0.25, -0.2) is 9.13 Å². The van der Waals surface area contributed by atoms with Gasteiger partial charge in [0, 0.05) is 25.7 Å². The molecule has 0 heterocycles. The average Bonchev–Trinajstić information content (AvgIpc) is 0.902. The number of phosphoric ester groups is 2. The van der Waals surface area contributed by atoms with Crippen LogP contribution in [0.3, 0.4) is 0 Å². The number of hydrogen-bond donors (Lipinski definition) is 3. The maximum atomic E-state index is 13.1. The first-order chi connectivity index (χ1) is 51.7. The van der Waals surface area contributed by atoms with E-state index in [1.54, 1.807) is 0 Å². The van der Waals surface area contributed by atoms with Crippen molar-refractivity contribution in [2.24, 2.45) is 0 Å². The first kappa shape index (κ1) is 103.